The summed E-state index contributed by atoms with van der Waals surface area (Å²) >= 11 is 6.27. The van der Waals surface area contributed by atoms with Gasteiger partial charge in [0.1, 0.15) is 5.82 Å². The molecule has 0 saturated carbocycles. The Balaban J connectivity index is 1.79. The third-order valence-corrected chi connectivity index (χ3v) is 5.46. The van der Waals surface area contributed by atoms with Gasteiger partial charge in [-0.15, -0.1) is 0 Å². The molecule has 0 radical (unpaired) electrons. The van der Waals surface area contributed by atoms with Crippen molar-refractivity contribution in [3.05, 3.63) is 70.1 Å². The van der Waals surface area contributed by atoms with Crippen LogP contribution in [0.3, 0.4) is 0 Å². The lowest BCUT2D eigenvalue weighted by molar-refractivity contribution is 0.307. The molecule has 2 heterocycles. The number of aromatic nitrogens is 1. The average molecular weight is 357 g/mol. The van der Waals surface area contributed by atoms with Gasteiger partial charge in [0.25, 0.3) is 0 Å². The Morgan fingerprint density at radius 1 is 1.16 bits per heavy atom. The fraction of sp³-hybridized carbons (Fsp3) is 0.333. The first kappa shape index (κ1) is 16.6. The summed E-state index contributed by atoms with van der Waals surface area (Å²) in [6.45, 7) is 4.28. The van der Waals surface area contributed by atoms with Gasteiger partial charge in [0, 0.05) is 47.2 Å². The van der Waals surface area contributed by atoms with Crippen molar-refractivity contribution in [2.75, 3.05) is 13.6 Å². The minimum atomic E-state index is -0.183. The van der Waals surface area contributed by atoms with E-state index < -0.39 is 0 Å². The molecule has 4 rings (SSSR count). The maximum Gasteiger partial charge on any atom is 0.123 e. The topological polar surface area (TPSA) is 8.17 Å². The maximum absolute atomic E-state index is 13.2. The van der Waals surface area contributed by atoms with Gasteiger partial charge in [-0.1, -0.05) is 23.7 Å². The van der Waals surface area contributed by atoms with E-state index in [2.05, 4.69) is 35.6 Å². The summed E-state index contributed by atoms with van der Waals surface area (Å²) in [7, 11) is 2.17. The van der Waals surface area contributed by atoms with Gasteiger partial charge in [0.05, 0.1) is 0 Å². The molecule has 0 N–H and O–H groups in total. The van der Waals surface area contributed by atoms with Gasteiger partial charge in [0.2, 0.25) is 0 Å². The molecule has 1 unspecified atom stereocenters. The zero-order chi connectivity index (χ0) is 17.6. The second-order valence-corrected chi connectivity index (χ2v) is 7.56. The fourth-order valence-electron chi connectivity index (χ4n) is 4.06. The van der Waals surface area contributed by atoms with E-state index >= 15 is 0 Å². The molecule has 3 aromatic rings. The molecular formula is C21H22ClFN2. The SMILES string of the molecule is CC(Cc1ccc(F)cc1)n1c2c(c3cc(Cl)ccc31)CN(C)CC2. The molecule has 0 aliphatic carbocycles. The molecule has 2 aromatic carbocycles. The summed E-state index contributed by atoms with van der Waals surface area (Å²) in [5.41, 5.74) is 5.23. The van der Waals surface area contributed by atoms with Crippen LogP contribution in [0.5, 0.6) is 0 Å². The molecule has 4 heteroatoms. The highest BCUT2D eigenvalue weighted by atomic mass is 35.5. The lowest BCUT2D eigenvalue weighted by Crippen LogP contribution is -2.28. The van der Waals surface area contributed by atoms with Crippen molar-refractivity contribution < 1.29 is 4.39 Å². The zero-order valence-electron chi connectivity index (χ0n) is 14.6. The van der Waals surface area contributed by atoms with Crippen LogP contribution in [0.4, 0.5) is 4.39 Å². The molecule has 0 fully saturated rings. The summed E-state index contributed by atoms with van der Waals surface area (Å²) in [6, 6.07) is 13.4. The molecule has 2 nitrogen and oxygen atoms in total. The number of rotatable bonds is 3. The Kier molecular flexibility index (Phi) is 4.30. The first-order valence-electron chi connectivity index (χ1n) is 8.77. The van der Waals surface area contributed by atoms with Gasteiger partial charge in [-0.25, -0.2) is 4.39 Å². The van der Waals surface area contributed by atoms with E-state index in [0.29, 0.717) is 6.04 Å². The van der Waals surface area contributed by atoms with Gasteiger partial charge in [-0.3, -0.25) is 0 Å². The van der Waals surface area contributed by atoms with Crippen molar-refractivity contribution >= 4 is 22.5 Å². The van der Waals surface area contributed by atoms with Crippen molar-refractivity contribution in [1.29, 1.82) is 0 Å². The Morgan fingerprint density at radius 3 is 2.68 bits per heavy atom. The van der Waals surface area contributed by atoms with E-state index in [1.807, 2.05) is 18.2 Å². The Labute approximate surface area is 152 Å². The number of hydrogen-bond donors (Lipinski definition) is 0. The van der Waals surface area contributed by atoms with Crippen molar-refractivity contribution in [3.63, 3.8) is 0 Å². The number of benzene rings is 2. The Bertz CT molecular complexity index is 914. The van der Waals surface area contributed by atoms with E-state index in [4.69, 9.17) is 11.6 Å². The highest BCUT2D eigenvalue weighted by molar-refractivity contribution is 6.31. The number of likely N-dealkylation sites (N-methyl/N-ethyl adjacent to an activating group) is 1. The highest BCUT2D eigenvalue weighted by Crippen LogP contribution is 2.35. The lowest BCUT2D eigenvalue weighted by atomic mass is 10.0. The van der Waals surface area contributed by atoms with Gasteiger partial charge in [-0.05, 0) is 61.9 Å². The molecule has 1 aromatic heterocycles. The fourth-order valence-corrected chi connectivity index (χ4v) is 4.23. The second-order valence-electron chi connectivity index (χ2n) is 7.12. The van der Waals surface area contributed by atoms with Gasteiger partial charge in [-0.2, -0.15) is 0 Å². The molecule has 25 heavy (non-hydrogen) atoms. The lowest BCUT2D eigenvalue weighted by Gasteiger charge is -2.26. The van der Waals surface area contributed by atoms with E-state index in [1.54, 1.807) is 12.1 Å². The van der Waals surface area contributed by atoms with E-state index in [-0.39, 0.29) is 5.82 Å². The molecule has 1 atom stereocenters. The third-order valence-electron chi connectivity index (χ3n) is 5.23. The molecule has 0 amide bonds. The van der Waals surface area contributed by atoms with Crippen molar-refractivity contribution in [3.8, 4) is 0 Å². The summed E-state index contributed by atoms with van der Waals surface area (Å²) in [5, 5.41) is 2.05. The first-order chi connectivity index (χ1) is 12.0. The Morgan fingerprint density at radius 2 is 1.92 bits per heavy atom. The largest absolute Gasteiger partial charge is 0.341 e. The predicted molar refractivity (Wildman–Crippen MR) is 102 cm³/mol. The van der Waals surface area contributed by atoms with Gasteiger partial charge < -0.3 is 9.47 Å². The standard InChI is InChI=1S/C21H22ClFN2/c1-14(11-15-3-6-17(23)7-4-15)25-20-8-5-16(22)12-18(20)19-13-24(2)10-9-21(19)25/h3-8,12,14H,9-11,13H2,1-2H3. The van der Waals surface area contributed by atoms with Crippen LogP contribution >= 0.6 is 11.6 Å². The predicted octanol–water partition coefficient (Wildman–Crippen LogP) is 5.23. The summed E-state index contributed by atoms with van der Waals surface area (Å²) < 4.78 is 15.7. The van der Waals surface area contributed by atoms with E-state index in [0.717, 1.165) is 36.5 Å². The molecule has 130 valence electrons. The van der Waals surface area contributed by atoms with Crippen LogP contribution < -0.4 is 0 Å². The van der Waals surface area contributed by atoms with Gasteiger partial charge >= 0.3 is 0 Å². The van der Waals surface area contributed by atoms with Gasteiger partial charge in [0.15, 0.2) is 0 Å². The second kappa shape index (κ2) is 6.47. The Hall–Kier alpha value is -1.84. The molecule has 0 spiro atoms. The quantitative estimate of drug-likeness (QED) is 0.624. The van der Waals surface area contributed by atoms with E-state index in [9.17, 15) is 4.39 Å². The van der Waals surface area contributed by atoms with Crippen LogP contribution in [-0.4, -0.2) is 23.1 Å². The maximum atomic E-state index is 13.2. The summed E-state index contributed by atoms with van der Waals surface area (Å²) in [6.07, 6.45) is 1.93. The van der Waals surface area contributed by atoms with Crippen molar-refractivity contribution in [2.45, 2.75) is 32.4 Å². The summed E-state index contributed by atoms with van der Waals surface area (Å²) in [4.78, 5) is 2.36. The molecule has 1 aliphatic heterocycles. The molecule has 0 bridgehead atoms. The van der Waals surface area contributed by atoms with Crippen molar-refractivity contribution in [2.24, 2.45) is 0 Å². The van der Waals surface area contributed by atoms with Crippen LogP contribution in [0.25, 0.3) is 10.9 Å². The van der Waals surface area contributed by atoms with E-state index in [1.165, 1.54) is 22.2 Å². The molecule has 1 aliphatic rings. The number of nitrogens with zero attached hydrogens (tertiary/aromatic N) is 2. The minimum Gasteiger partial charge on any atom is -0.341 e. The van der Waals surface area contributed by atoms with Crippen LogP contribution in [0, 0.1) is 5.82 Å². The third kappa shape index (κ3) is 3.07. The van der Waals surface area contributed by atoms with Crippen molar-refractivity contribution in [1.82, 2.24) is 9.47 Å². The normalized spacial score (nSPS) is 16.2. The number of fused-ring (bicyclic) bond motifs is 3. The van der Waals surface area contributed by atoms with Crippen LogP contribution in [0.15, 0.2) is 42.5 Å². The number of halogens is 2. The van der Waals surface area contributed by atoms with Crippen LogP contribution in [-0.2, 0) is 19.4 Å². The zero-order valence-corrected chi connectivity index (χ0v) is 15.4. The monoisotopic (exact) mass is 356 g/mol. The smallest absolute Gasteiger partial charge is 0.123 e. The molecule has 0 saturated heterocycles. The minimum absolute atomic E-state index is 0.183. The molecular weight excluding hydrogens is 335 g/mol. The summed E-state index contributed by atoms with van der Waals surface area (Å²) in [5.74, 6) is -0.183. The highest BCUT2D eigenvalue weighted by Gasteiger charge is 2.24. The van der Waals surface area contributed by atoms with Crippen LogP contribution in [0.1, 0.15) is 29.8 Å². The number of hydrogen-bond acceptors (Lipinski definition) is 1. The average Bonchev–Trinajstić information content (AvgIpc) is 2.90. The van der Waals surface area contributed by atoms with Crippen LogP contribution in [0.2, 0.25) is 5.02 Å². The first-order valence-corrected chi connectivity index (χ1v) is 9.15.